The Kier molecular flexibility index (Phi) is 4.30. The average Bonchev–Trinajstić information content (AvgIpc) is 3.17. The van der Waals surface area contributed by atoms with Crippen molar-refractivity contribution >= 4 is 38.5 Å². The molecule has 0 radical (unpaired) electrons. The topological polar surface area (TPSA) is 92.6 Å². The number of hydrogen-bond acceptors (Lipinski definition) is 5. The highest BCUT2D eigenvalue weighted by atomic mass is 32.2. The van der Waals surface area contributed by atoms with Gasteiger partial charge in [-0.1, -0.05) is 6.07 Å². The molecule has 3 aromatic rings. The second-order valence-electron chi connectivity index (χ2n) is 4.77. The molecule has 0 fully saturated rings. The SMILES string of the molecule is O=C(NCCS(=O)(=O)Nc1ccn2nccc2c1)c1cccs1. The van der Waals surface area contributed by atoms with Gasteiger partial charge >= 0.3 is 0 Å². The van der Waals surface area contributed by atoms with Gasteiger partial charge < -0.3 is 5.32 Å². The van der Waals surface area contributed by atoms with Gasteiger partial charge in [0, 0.05) is 18.9 Å². The minimum atomic E-state index is -3.54. The Balaban J connectivity index is 1.57. The summed E-state index contributed by atoms with van der Waals surface area (Å²) in [4.78, 5) is 12.3. The van der Waals surface area contributed by atoms with E-state index < -0.39 is 10.0 Å². The Morgan fingerprint density at radius 3 is 2.96 bits per heavy atom. The van der Waals surface area contributed by atoms with Gasteiger partial charge in [0.05, 0.1) is 21.8 Å². The van der Waals surface area contributed by atoms with Crippen LogP contribution in [0.1, 0.15) is 9.67 Å². The molecule has 9 heteroatoms. The van der Waals surface area contributed by atoms with Crippen molar-refractivity contribution in [2.24, 2.45) is 0 Å². The Morgan fingerprint density at radius 1 is 1.30 bits per heavy atom. The van der Waals surface area contributed by atoms with E-state index in [0.717, 1.165) is 5.52 Å². The van der Waals surface area contributed by atoms with E-state index in [9.17, 15) is 13.2 Å². The molecule has 0 bridgehead atoms. The number of sulfonamides is 1. The first-order valence-electron chi connectivity index (χ1n) is 6.79. The molecule has 23 heavy (non-hydrogen) atoms. The minimum Gasteiger partial charge on any atom is -0.350 e. The number of fused-ring (bicyclic) bond motifs is 1. The van der Waals surface area contributed by atoms with Crippen LogP contribution < -0.4 is 10.0 Å². The van der Waals surface area contributed by atoms with Crippen molar-refractivity contribution in [3.05, 3.63) is 53.0 Å². The molecule has 0 saturated carbocycles. The number of carbonyl (C=O) groups excluding carboxylic acids is 1. The van der Waals surface area contributed by atoms with Crippen LogP contribution in [-0.4, -0.2) is 36.2 Å². The Hall–Kier alpha value is -2.39. The monoisotopic (exact) mass is 350 g/mol. The number of thiophene rings is 1. The first-order valence-corrected chi connectivity index (χ1v) is 9.32. The number of nitrogens with one attached hydrogen (secondary N) is 2. The van der Waals surface area contributed by atoms with Crippen LogP contribution in [0.4, 0.5) is 5.69 Å². The van der Waals surface area contributed by atoms with Gasteiger partial charge in [0.1, 0.15) is 0 Å². The van der Waals surface area contributed by atoms with Gasteiger partial charge in [-0.05, 0) is 29.6 Å². The molecule has 0 saturated heterocycles. The molecule has 0 unspecified atom stereocenters. The predicted octanol–water partition coefficient (Wildman–Crippen LogP) is 1.57. The van der Waals surface area contributed by atoms with Crippen LogP contribution in [0.3, 0.4) is 0 Å². The maximum atomic E-state index is 12.1. The second-order valence-corrected chi connectivity index (χ2v) is 7.56. The summed E-state index contributed by atoms with van der Waals surface area (Å²) in [6.07, 6.45) is 3.31. The van der Waals surface area contributed by atoms with Gasteiger partial charge in [-0.25, -0.2) is 12.9 Å². The van der Waals surface area contributed by atoms with Crippen molar-refractivity contribution in [1.29, 1.82) is 0 Å². The molecule has 1 amide bonds. The summed E-state index contributed by atoms with van der Waals surface area (Å²) in [5, 5.41) is 8.42. The lowest BCUT2D eigenvalue weighted by atomic mass is 10.4. The Labute approximate surface area is 137 Å². The van der Waals surface area contributed by atoms with E-state index in [1.807, 2.05) is 0 Å². The van der Waals surface area contributed by atoms with Gasteiger partial charge in [-0.2, -0.15) is 5.10 Å². The molecule has 0 aromatic carbocycles. The van der Waals surface area contributed by atoms with E-state index in [1.54, 1.807) is 52.6 Å². The molecule has 0 aliphatic carbocycles. The Morgan fingerprint density at radius 2 is 2.17 bits per heavy atom. The molecule has 3 aromatic heterocycles. The summed E-state index contributed by atoms with van der Waals surface area (Å²) in [6, 6.07) is 8.55. The lowest BCUT2D eigenvalue weighted by Crippen LogP contribution is -2.30. The number of amides is 1. The number of pyridine rings is 1. The standard InChI is InChI=1S/C14H14N4O3S2/c19-14(13-2-1-8-22-13)15-6-9-23(20,21)17-11-4-7-18-12(10-11)3-5-16-18/h1-5,7-8,10,17H,6,9H2,(H,15,19). The van der Waals surface area contributed by atoms with Gasteiger partial charge in [0.2, 0.25) is 10.0 Å². The van der Waals surface area contributed by atoms with E-state index in [4.69, 9.17) is 0 Å². The largest absolute Gasteiger partial charge is 0.350 e. The van der Waals surface area contributed by atoms with E-state index in [-0.39, 0.29) is 18.2 Å². The zero-order valence-electron chi connectivity index (χ0n) is 12.0. The number of carbonyl (C=O) groups is 1. The van der Waals surface area contributed by atoms with E-state index >= 15 is 0 Å². The van der Waals surface area contributed by atoms with Crippen molar-refractivity contribution in [1.82, 2.24) is 14.9 Å². The number of aromatic nitrogens is 2. The predicted molar refractivity (Wildman–Crippen MR) is 89.3 cm³/mol. The Bertz CT molecular complexity index is 917. The molecule has 7 nitrogen and oxygen atoms in total. The third-order valence-corrected chi connectivity index (χ3v) is 5.23. The van der Waals surface area contributed by atoms with Gasteiger partial charge in [0.15, 0.2) is 0 Å². The van der Waals surface area contributed by atoms with Crippen LogP contribution in [0.2, 0.25) is 0 Å². The molecular weight excluding hydrogens is 336 g/mol. The highest BCUT2D eigenvalue weighted by Gasteiger charge is 2.12. The first kappa shape index (κ1) is 15.5. The van der Waals surface area contributed by atoms with Crippen LogP contribution >= 0.6 is 11.3 Å². The quantitative estimate of drug-likeness (QED) is 0.706. The van der Waals surface area contributed by atoms with Gasteiger partial charge in [-0.15, -0.1) is 11.3 Å². The maximum absolute atomic E-state index is 12.1. The number of anilines is 1. The van der Waals surface area contributed by atoms with Crippen molar-refractivity contribution < 1.29 is 13.2 Å². The average molecular weight is 350 g/mol. The third kappa shape index (κ3) is 3.88. The zero-order valence-corrected chi connectivity index (χ0v) is 13.6. The fourth-order valence-electron chi connectivity index (χ4n) is 2.01. The van der Waals surface area contributed by atoms with Crippen molar-refractivity contribution in [3.63, 3.8) is 0 Å². The van der Waals surface area contributed by atoms with Crippen LogP contribution in [-0.2, 0) is 10.0 Å². The molecule has 0 atom stereocenters. The van der Waals surface area contributed by atoms with Crippen molar-refractivity contribution in [2.45, 2.75) is 0 Å². The van der Waals surface area contributed by atoms with E-state index in [2.05, 4.69) is 15.1 Å². The van der Waals surface area contributed by atoms with Crippen LogP contribution in [0, 0.1) is 0 Å². The third-order valence-electron chi connectivity index (χ3n) is 3.07. The summed E-state index contributed by atoms with van der Waals surface area (Å²) in [5.74, 6) is -0.468. The zero-order chi connectivity index (χ0) is 16.3. The number of rotatable bonds is 6. The van der Waals surface area contributed by atoms with E-state index in [0.29, 0.717) is 10.6 Å². The van der Waals surface area contributed by atoms with Crippen molar-refractivity contribution in [2.75, 3.05) is 17.0 Å². The molecule has 120 valence electrons. The van der Waals surface area contributed by atoms with E-state index in [1.165, 1.54) is 11.3 Å². The summed E-state index contributed by atoms with van der Waals surface area (Å²) in [5.41, 5.74) is 1.25. The summed E-state index contributed by atoms with van der Waals surface area (Å²) < 4.78 is 28.2. The summed E-state index contributed by atoms with van der Waals surface area (Å²) >= 11 is 1.31. The molecule has 0 aliphatic rings. The second kappa shape index (κ2) is 6.39. The molecule has 2 N–H and O–H groups in total. The molecule has 0 spiro atoms. The fourth-order valence-corrected chi connectivity index (χ4v) is 3.61. The number of hydrogen-bond donors (Lipinski definition) is 2. The lowest BCUT2D eigenvalue weighted by Gasteiger charge is -2.09. The smallest absolute Gasteiger partial charge is 0.261 e. The molecule has 3 rings (SSSR count). The van der Waals surface area contributed by atoms with Gasteiger partial charge in [-0.3, -0.25) is 9.52 Å². The first-order chi connectivity index (χ1) is 11.0. The van der Waals surface area contributed by atoms with Gasteiger partial charge in [0.25, 0.3) is 5.91 Å². The number of nitrogens with zero attached hydrogens (tertiary/aromatic N) is 2. The van der Waals surface area contributed by atoms with Crippen LogP contribution in [0.25, 0.3) is 5.52 Å². The fraction of sp³-hybridized carbons (Fsp3) is 0.143. The highest BCUT2D eigenvalue weighted by molar-refractivity contribution is 7.92. The lowest BCUT2D eigenvalue weighted by molar-refractivity contribution is 0.0960. The van der Waals surface area contributed by atoms with Crippen LogP contribution in [0.5, 0.6) is 0 Å². The molecule has 0 aliphatic heterocycles. The highest BCUT2D eigenvalue weighted by Crippen LogP contribution is 2.13. The minimum absolute atomic E-state index is 0.0427. The molecule has 3 heterocycles. The molecular formula is C14H14N4O3S2. The summed E-state index contributed by atoms with van der Waals surface area (Å²) in [6.45, 7) is 0.0427. The van der Waals surface area contributed by atoms with Crippen LogP contribution in [0.15, 0.2) is 48.1 Å². The van der Waals surface area contributed by atoms with Crippen molar-refractivity contribution in [3.8, 4) is 0 Å². The maximum Gasteiger partial charge on any atom is 0.261 e. The normalized spacial score (nSPS) is 11.5. The summed E-state index contributed by atoms with van der Waals surface area (Å²) in [7, 11) is -3.54.